The van der Waals surface area contributed by atoms with E-state index < -0.39 is 6.04 Å². The minimum absolute atomic E-state index is 0.123. The standard InChI is InChI=1S/C22H30BrN3O3/c23-13-6-4-2-1-3-5-7-14-24-18-10-8-9-16-17(18)15-26(22(16)29)19-11-12-20(27)25-21(19)28/h8-10,19,24H,1-7,11-15H2,(H,25,27,28). The van der Waals surface area contributed by atoms with Gasteiger partial charge < -0.3 is 10.2 Å². The largest absolute Gasteiger partial charge is 0.385 e. The molecule has 1 saturated heterocycles. The smallest absolute Gasteiger partial charge is 0.255 e. The quantitative estimate of drug-likeness (QED) is 0.295. The minimum Gasteiger partial charge on any atom is -0.385 e. The van der Waals surface area contributed by atoms with Crippen LogP contribution in [0.3, 0.4) is 0 Å². The van der Waals surface area contributed by atoms with E-state index in [0.717, 1.165) is 29.5 Å². The van der Waals surface area contributed by atoms with Crippen LogP contribution in [0.2, 0.25) is 0 Å². The Labute approximate surface area is 180 Å². The zero-order valence-corrected chi connectivity index (χ0v) is 18.4. The summed E-state index contributed by atoms with van der Waals surface area (Å²) < 4.78 is 0. The third kappa shape index (κ3) is 5.59. The van der Waals surface area contributed by atoms with E-state index in [0.29, 0.717) is 18.5 Å². The third-order valence-electron chi connectivity index (χ3n) is 5.71. The number of amides is 3. The number of rotatable bonds is 11. The molecule has 0 spiro atoms. The van der Waals surface area contributed by atoms with Crippen LogP contribution in [0.4, 0.5) is 5.69 Å². The highest BCUT2D eigenvalue weighted by Crippen LogP contribution is 2.32. The number of carbonyl (C=O) groups excluding carboxylic acids is 3. The van der Waals surface area contributed by atoms with Crippen molar-refractivity contribution < 1.29 is 14.4 Å². The summed E-state index contributed by atoms with van der Waals surface area (Å²) in [6, 6.07) is 5.14. The van der Waals surface area contributed by atoms with Crippen LogP contribution in [-0.2, 0) is 16.1 Å². The first-order chi connectivity index (χ1) is 14.1. The Morgan fingerprint density at radius 2 is 1.76 bits per heavy atom. The number of anilines is 1. The number of piperidine rings is 1. The lowest BCUT2D eigenvalue weighted by Crippen LogP contribution is -2.52. The van der Waals surface area contributed by atoms with Crippen LogP contribution in [0, 0.1) is 0 Å². The predicted octanol–water partition coefficient (Wildman–Crippen LogP) is 3.99. The number of benzene rings is 1. The summed E-state index contributed by atoms with van der Waals surface area (Å²) in [5, 5.41) is 6.93. The van der Waals surface area contributed by atoms with Crippen molar-refractivity contribution in [2.45, 2.75) is 70.4 Å². The number of hydrogen-bond acceptors (Lipinski definition) is 4. The summed E-state index contributed by atoms with van der Waals surface area (Å²) in [6.07, 6.45) is 9.41. The van der Waals surface area contributed by atoms with Crippen molar-refractivity contribution in [1.29, 1.82) is 0 Å². The van der Waals surface area contributed by atoms with Gasteiger partial charge in [-0.3, -0.25) is 19.7 Å². The molecule has 158 valence electrons. The zero-order valence-electron chi connectivity index (χ0n) is 16.8. The highest BCUT2D eigenvalue weighted by atomic mass is 79.9. The zero-order chi connectivity index (χ0) is 20.6. The molecule has 0 aliphatic carbocycles. The molecule has 2 aliphatic heterocycles. The van der Waals surface area contributed by atoms with E-state index in [2.05, 4.69) is 26.6 Å². The number of carbonyl (C=O) groups is 3. The highest BCUT2D eigenvalue weighted by Gasteiger charge is 2.39. The molecular formula is C22H30BrN3O3. The molecule has 0 bridgehead atoms. The molecule has 6 nitrogen and oxygen atoms in total. The molecule has 2 heterocycles. The van der Waals surface area contributed by atoms with Gasteiger partial charge in [0.15, 0.2) is 0 Å². The van der Waals surface area contributed by atoms with Gasteiger partial charge in [0, 0.05) is 41.7 Å². The maximum Gasteiger partial charge on any atom is 0.255 e. The summed E-state index contributed by atoms with van der Waals surface area (Å²) in [6.45, 7) is 1.29. The lowest BCUT2D eigenvalue weighted by Gasteiger charge is -2.29. The first kappa shape index (κ1) is 21.8. The van der Waals surface area contributed by atoms with E-state index >= 15 is 0 Å². The van der Waals surface area contributed by atoms with Crippen molar-refractivity contribution in [1.82, 2.24) is 10.2 Å². The molecule has 3 rings (SSSR count). The molecule has 1 unspecified atom stereocenters. The van der Waals surface area contributed by atoms with Crippen molar-refractivity contribution in [2.75, 3.05) is 17.2 Å². The number of nitrogens with zero attached hydrogens (tertiary/aromatic N) is 1. The fourth-order valence-electron chi connectivity index (χ4n) is 4.08. The van der Waals surface area contributed by atoms with E-state index in [4.69, 9.17) is 0 Å². The van der Waals surface area contributed by atoms with Gasteiger partial charge in [-0.05, 0) is 31.4 Å². The molecule has 1 fully saturated rings. The second kappa shape index (κ2) is 10.8. The summed E-state index contributed by atoms with van der Waals surface area (Å²) in [5.74, 6) is -0.754. The molecule has 1 aromatic carbocycles. The first-order valence-corrected chi connectivity index (χ1v) is 11.8. The lowest BCUT2D eigenvalue weighted by atomic mass is 10.0. The summed E-state index contributed by atoms with van der Waals surface area (Å²) >= 11 is 3.47. The topological polar surface area (TPSA) is 78.5 Å². The van der Waals surface area contributed by atoms with Crippen LogP contribution in [0.5, 0.6) is 0 Å². The van der Waals surface area contributed by atoms with Crippen molar-refractivity contribution in [3.8, 4) is 0 Å². The Hall–Kier alpha value is -1.89. The van der Waals surface area contributed by atoms with Crippen LogP contribution in [0.1, 0.15) is 73.7 Å². The van der Waals surface area contributed by atoms with Gasteiger partial charge in [-0.2, -0.15) is 0 Å². The summed E-state index contributed by atoms with van der Waals surface area (Å²) in [5.41, 5.74) is 2.59. The summed E-state index contributed by atoms with van der Waals surface area (Å²) in [4.78, 5) is 38.0. The average molecular weight is 464 g/mol. The van der Waals surface area contributed by atoms with E-state index in [9.17, 15) is 14.4 Å². The number of alkyl halides is 1. The Morgan fingerprint density at radius 3 is 2.48 bits per heavy atom. The number of halogens is 1. The van der Waals surface area contributed by atoms with Crippen LogP contribution in [0.15, 0.2) is 18.2 Å². The van der Waals surface area contributed by atoms with E-state index in [1.54, 1.807) is 4.90 Å². The Bertz CT molecular complexity index is 753. The maximum atomic E-state index is 12.8. The lowest BCUT2D eigenvalue weighted by molar-refractivity contribution is -0.136. The van der Waals surface area contributed by atoms with Gasteiger partial charge in [0.2, 0.25) is 11.8 Å². The molecule has 2 aliphatic rings. The number of imide groups is 1. The number of unbranched alkanes of at least 4 members (excludes halogenated alkanes) is 6. The van der Waals surface area contributed by atoms with E-state index in [1.165, 1.54) is 38.5 Å². The molecule has 1 aromatic rings. The van der Waals surface area contributed by atoms with Crippen molar-refractivity contribution >= 4 is 39.3 Å². The molecule has 0 aromatic heterocycles. The van der Waals surface area contributed by atoms with Gasteiger partial charge in [-0.1, -0.05) is 54.1 Å². The van der Waals surface area contributed by atoms with Gasteiger partial charge in [0.05, 0.1) is 0 Å². The van der Waals surface area contributed by atoms with Gasteiger partial charge in [0.1, 0.15) is 6.04 Å². The molecule has 7 heteroatoms. The van der Waals surface area contributed by atoms with Crippen LogP contribution >= 0.6 is 15.9 Å². The van der Waals surface area contributed by atoms with E-state index in [-0.39, 0.29) is 24.1 Å². The first-order valence-electron chi connectivity index (χ1n) is 10.7. The predicted molar refractivity (Wildman–Crippen MR) is 117 cm³/mol. The molecular weight excluding hydrogens is 434 g/mol. The van der Waals surface area contributed by atoms with Crippen molar-refractivity contribution in [3.63, 3.8) is 0 Å². The van der Waals surface area contributed by atoms with Gasteiger partial charge >= 0.3 is 0 Å². The summed E-state index contributed by atoms with van der Waals surface area (Å²) in [7, 11) is 0. The van der Waals surface area contributed by atoms with Gasteiger partial charge in [0.25, 0.3) is 5.91 Å². The Balaban J connectivity index is 1.49. The SMILES string of the molecule is O=C1CCC(N2Cc3c(NCCCCCCCCCBr)cccc3C2=O)C(=O)N1. The van der Waals surface area contributed by atoms with Crippen LogP contribution in [0.25, 0.3) is 0 Å². The number of hydrogen-bond donors (Lipinski definition) is 2. The van der Waals surface area contributed by atoms with Crippen LogP contribution < -0.4 is 10.6 Å². The second-order valence-corrected chi connectivity index (χ2v) is 8.62. The number of fused-ring (bicyclic) bond motifs is 1. The molecule has 2 N–H and O–H groups in total. The van der Waals surface area contributed by atoms with Gasteiger partial charge in [-0.15, -0.1) is 0 Å². The Kier molecular flexibility index (Phi) is 8.09. The van der Waals surface area contributed by atoms with E-state index in [1.807, 2.05) is 18.2 Å². The van der Waals surface area contributed by atoms with Gasteiger partial charge in [-0.25, -0.2) is 0 Å². The molecule has 0 saturated carbocycles. The normalized spacial score (nSPS) is 18.7. The Morgan fingerprint density at radius 1 is 1.03 bits per heavy atom. The fraction of sp³-hybridized carbons (Fsp3) is 0.591. The monoisotopic (exact) mass is 463 g/mol. The fourth-order valence-corrected chi connectivity index (χ4v) is 4.47. The number of nitrogens with one attached hydrogen (secondary N) is 2. The minimum atomic E-state index is -0.565. The molecule has 1 atom stereocenters. The molecule has 3 amide bonds. The van der Waals surface area contributed by atoms with Crippen molar-refractivity contribution in [3.05, 3.63) is 29.3 Å². The average Bonchev–Trinajstić information content (AvgIpc) is 3.04. The van der Waals surface area contributed by atoms with Crippen LogP contribution in [-0.4, -0.2) is 40.5 Å². The second-order valence-electron chi connectivity index (χ2n) is 7.82. The van der Waals surface area contributed by atoms with Crippen molar-refractivity contribution in [2.24, 2.45) is 0 Å². The highest BCUT2D eigenvalue weighted by molar-refractivity contribution is 9.09. The third-order valence-corrected chi connectivity index (χ3v) is 6.27. The molecule has 0 radical (unpaired) electrons. The molecule has 29 heavy (non-hydrogen) atoms. The maximum absolute atomic E-state index is 12.8.